The lowest BCUT2D eigenvalue weighted by Gasteiger charge is -2.24. The first kappa shape index (κ1) is 23.1. The number of benzene rings is 2. The number of nitrogens with zero attached hydrogens (tertiary/aromatic N) is 2. The molecule has 3 rings (SSSR count). The molecule has 1 N–H and O–H groups in total. The van der Waals surface area contributed by atoms with Crippen LogP contribution in [0.25, 0.3) is 0 Å². The Morgan fingerprint density at radius 1 is 1.06 bits per heavy atom. The Labute approximate surface area is 182 Å². The number of carbonyl (C=O) groups is 2. The summed E-state index contributed by atoms with van der Waals surface area (Å²) in [5, 5.41) is 7.68. The van der Waals surface area contributed by atoms with Gasteiger partial charge in [0.15, 0.2) is 11.5 Å². The maximum absolute atomic E-state index is 12.3. The summed E-state index contributed by atoms with van der Waals surface area (Å²) >= 11 is 0. The van der Waals surface area contributed by atoms with E-state index in [0.717, 1.165) is 16.8 Å². The van der Waals surface area contributed by atoms with Crippen LogP contribution >= 0.6 is 0 Å². The first-order valence-corrected chi connectivity index (χ1v) is 9.78. The predicted octanol–water partition coefficient (Wildman–Crippen LogP) is 3.77. The van der Waals surface area contributed by atoms with Gasteiger partial charge in [0.2, 0.25) is 5.91 Å². The van der Waals surface area contributed by atoms with Crippen LogP contribution in [-0.4, -0.2) is 49.5 Å². The van der Waals surface area contributed by atoms with Crippen LogP contribution in [0.3, 0.4) is 0 Å². The van der Waals surface area contributed by atoms with E-state index < -0.39 is 12.1 Å². The quantitative estimate of drug-likeness (QED) is 0.698. The monoisotopic (exact) mass is 449 g/mol. The summed E-state index contributed by atoms with van der Waals surface area (Å²) in [7, 11) is 3.09. The minimum Gasteiger partial charge on any atom is -0.493 e. The highest BCUT2D eigenvalue weighted by Gasteiger charge is 2.38. The normalized spacial score (nSPS) is 14.1. The fourth-order valence-electron chi connectivity index (χ4n) is 3.19. The third-order valence-electron chi connectivity index (χ3n) is 4.90. The van der Waals surface area contributed by atoms with Crippen molar-refractivity contribution in [2.45, 2.75) is 25.4 Å². The van der Waals surface area contributed by atoms with E-state index in [1.54, 1.807) is 43.8 Å². The second-order valence-corrected chi connectivity index (χ2v) is 7.03. The number of ether oxygens (including phenoxy) is 2. The molecule has 0 fully saturated rings. The summed E-state index contributed by atoms with van der Waals surface area (Å²) in [6.07, 6.45) is -3.69. The Hall–Kier alpha value is -3.56. The zero-order chi connectivity index (χ0) is 23.3. The standard InChI is InChI=1S/C22H22F3N3O4/c1-31-18-9-5-15(13-19(18)32-2)17-8-10-20(29)28(27-17)12-11-14-3-6-16(7-4-14)26-21(30)22(23,24)25/h3-7,9,13H,8,10-12H2,1-2H3,(H,26,30). The third kappa shape index (κ3) is 5.57. The van der Waals surface area contributed by atoms with E-state index in [-0.39, 0.29) is 11.6 Å². The largest absolute Gasteiger partial charge is 0.493 e. The molecule has 0 aliphatic carbocycles. The maximum Gasteiger partial charge on any atom is 0.471 e. The first-order valence-electron chi connectivity index (χ1n) is 9.78. The van der Waals surface area contributed by atoms with Crippen LogP contribution < -0.4 is 14.8 Å². The van der Waals surface area contributed by atoms with Crippen LogP contribution in [0.1, 0.15) is 24.0 Å². The molecule has 0 saturated carbocycles. The van der Waals surface area contributed by atoms with Gasteiger partial charge in [-0.25, -0.2) is 5.01 Å². The van der Waals surface area contributed by atoms with Crippen molar-refractivity contribution in [2.24, 2.45) is 5.10 Å². The van der Waals surface area contributed by atoms with Gasteiger partial charge in [0, 0.05) is 30.6 Å². The molecule has 0 saturated heterocycles. The lowest BCUT2D eigenvalue weighted by atomic mass is 10.0. The Morgan fingerprint density at radius 3 is 2.38 bits per heavy atom. The molecule has 0 atom stereocenters. The van der Waals surface area contributed by atoms with Crippen LogP contribution in [0, 0.1) is 0 Å². The van der Waals surface area contributed by atoms with Crippen molar-refractivity contribution in [1.82, 2.24) is 5.01 Å². The number of carbonyl (C=O) groups excluding carboxylic acids is 2. The molecule has 0 bridgehead atoms. The van der Waals surface area contributed by atoms with E-state index in [4.69, 9.17) is 9.47 Å². The highest BCUT2D eigenvalue weighted by Crippen LogP contribution is 2.29. The molecule has 2 amide bonds. The van der Waals surface area contributed by atoms with Gasteiger partial charge in [0.1, 0.15) is 0 Å². The Kier molecular flexibility index (Phi) is 7.01. The van der Waals surface area contributed by atoms with Gasteiger partial charge >= 0.3 is 12.1 Å². The number of rotatable bonds is 7. The van der Waals surface area contributed by atoms with Crippen molar-refractivity contribution in [3.63, 3.8) is 0 Å². The van der Waals surface area contributed by atoms with E-state index in [0.29, 0.717) is 37.3 Å². The smallest absolute Gasteiger partial charge is 0.471 e. The van der Waals surface area contributed by atoms with Gasteiger partial charge in [-0.05, 0) is 42.3 Å². The summed E-state index contributed by atoms with van der Waals surface area (Å²) in [6.45, 7) is 0.309. The summed E-state index contributed by atoms with van der Waals surface area (Å²) in [6, 6.07) is 11.4. The van der Waals surface area contributed by atoms with Crippen LogP contribution in [0.4, 0.5) is 18.9 Å². The number of hydrogen-bond acceptors (Lipinski definition) is 5. The zero-order valence-electron chi connectivity index (χ0n) is 17.5. The lowest BCUT2D eigenvalue weighted by Crippen LogP contribution is -2.33. The fraction of sp³-hybridized carbons (Fsp3) is 0.318. The number of alkyl halides is 3. The number of hydrazone groups is 1. The Bertz CT molecular complexity index is 1020. The molecule has 7 nitrogen and oxygen atoms in total. The second kappa shape index (κ2) is 9.71. The molecule has 32 heavy (non-hydrogen) atoms. The van der Waals surface area contributed by atoms with Gasteiger partial charge < -0.3 is 14.8 Å². The van der Waals surface area contributed by atoms with Gasteiger partial charge in [-0.15, -0.1) is 0 Å². The van der Waals surface area contributed by atoms with E-state index in [2.05, 4.69) is 5.10 Å². The maximum atomic E-state index is 12.3. The van der Waals surface area contributed by atoms with Crippen LogP contribution in [0.5, 0.6) is 11.5 Å². The van der Waals surface area contributed by atoms with Gasteiger partial charge in [-0.1, -0.05) is 12.1 Å². The molecule has 0 unspecified atom stereocenters. The SMILES string of the molecule is COc1ccc(C2=NN(CCc3ccc(NC(=O)C(F)(F)F)cc3)C(=O)CC2)cc1OC. The lowest BCUT2D eigenvalue weighted by molar-refractivity contribution is -0.167. The van der Waals surface area contributed by atoms with Gasteiger partial charge in [-0.3, -0.25) is 9.59 Å². The molecule has 1 heterocycles. The molecule has 170 valence electrons. The number of halogens is 3. The minimum absolute atomic E-state index is 0.0406. The predicted molar refractivity (Wildman–Crippen MR) is 112 cm³/mol. The third-order valence-corrected chi connectivity index (χ3v) is 4.90. The molecule has 0 spiro atoms. The topological polar surface area (TPSA) is 80.2 Å². The molecular weight excluding hydrogens is 427 g/mol. The number of nitrogens with one attached hydrogen (secondary N) is 1. The first-order chi connectivity index (χ1) is 15.2. The number of amides is 2. The number of hydrogen-bond donors (Lipinski definition) is 1. The van der Waals surface area contributed by atoms with E-state index in [9.17, 15) is 22.8 Å². The Balaban J connectivity index is 1.66. The Morgan fingerprint density at radius 2 is 1.75 bits per heavy atom. The van der Waals surface area contributed by atoms with Crippen molar-refractivity contribution < 1.29 is 32.2 Å². The van der Waals surface area contributed by atoms with Crippen molar-refractivity contribution in [3.05, 3.63) is 53.6 Å². The number of methoxy groups -OCH3 is 2. The summed E-state index contributed by atoms with van der Waals surface area (Å²) in [4.78, 5) is 23.3. The zero-order valence-corrected chi connectivity index (χ0v) is 17.5. The van der Waals surface area contributed by atoms with Gasteiger partial charge in [0.25, 0.3) is 0 Å². The van der Waals surface area contributed by atoms with E-state index in [1.165, 1.54) is 17.1 Å². The average Bonchev–Trinajstić information content (AvgIpc) is 2.78. The van der Waals surface area contributed by atoms with E-state index >= 15 is 0 Å². The average molecular weight is 449 g/mol. The highest BCUT2D eigenvalue weighted by atomic mass is 19.4. The molecule has 1 aliphatic rings. The highest BCUT2D eigenvalue weighted by molar-refractivity contribution is 6.04. The molecular formula is C22H22F3N3O4. The molecule has 1 aliphatic heterocycles. The van der Waals surface area contributed by atoms with Crippen molar-refractivity contribution in [3.8, 4) is 11.5 Å². The van der Waals surface area contributed by atoms with Crippen LogP contribution in [-0.2, 0) is 16.0 Å². The molecule has 2 aromatic rings. The number of anilines is 1. The summed E-state index contributed by atoms with van der Waals surface area (Å²) in [5.74, 6) is -0.978. The summed E-state index contributed by atoms with van der Waals surface area (Å²) < 4.78 is 47.6. The molecule has 10 heteroatoms. The fourth-order valence-corrected chi connectivity index (χ4v) is 3.19. The van der Waals surface area contributed by atoms with Gasteiger partial charge in [-0.2, -0.15) is 18.3 Å². The van der Waals surface area contributed by atoms with Crippen molar-refractivity contribution >= 4 is 23.2 Å². The van der Waals surface area contributed by atoms with Crippen molar-refractivity contribution in [2.75, 3.05) is 26.1 Å². The van der Waals surface area contributed by atoms with E-state index in [1.807, 2.05) is 6.07 Å². The summed E-state index contributed by atoms with van der Waals surface area (Å²) in [5.41, 5.74) is 2.40. The van der Waals surface area contributed by atoms with Crippen molar-refractivity contribution in [1.29, 1.82) is 0 Å². The molecule has 0 aromatic heterocycles. The minimum atomic E-state index is -4.95. The van der Waals surface area contributed by atoms with Crippen LogP contribution in [0.2, 0.25) is 0 Å². The second-order valence-electron chi connectivity index (χ2n) is 7.03. The molecule has 0 radical (unpaired) electrons. The van der Waals surface area contributed by atoms with Gasteiger partial charge in [0.05, 0.1) is 19.9 Å². The molecule has 2 aromatic carbocycles. The van der Waals surface area contributed by atoms with Crippen LogP contribution in [0.15, 0.2) is 47.6 Å².